The molecule has 0 aromatic carbocycles. The van der Waals surface area contributed by atoms with Gasteiger partial charge in [-0.05, 0) is 103 Å². The summed E-state index contributed by atoms with van der Waals surface area (Å²) in [5.74, 6) is -1.01. The van der Waals surface area contributed by atoms with Gasteiger partial charge in [-0.3, -0.25) is 14.4 Å². The Morgan fingerprint density at radius 2 is 0.651 bits per heavy atom. The Labute approximate surface area is 387 Å². The minimum Gasteiger partial charge on any atom is -0.462 e. The maximum Gasteiger partial charge on any atom is 0.306 e. The standard InChI is InChI=1S/C57H94O6/c1-4-7-10-13-16-19-22-25-28-30-32-35-38-41-44-47-50-56(59)62-53-54(52-61-55(58)49-46-43-40-37-34-31-27-24-21-18-15-12-9-6-3)63-57(60)51-48-45-42-39-36-33-29-26-23-20-17-14-11-8-5-2/h7,9-10,12,16,18-21,23,25,28,32,35,41,44,54H,4-6,8,11,13-15,17,22,24,26-27,29-31,33-34,36-40,42-43,45-53H2,1-3H3/b10-7-,12-9-,19-16-,21-18-,23-20-,28-25-,35-32-,44-41-. The minimum absolute atomic E-state index is 0.107. The zero-order valence-corrected chi connectivity index (χ0v) is 40.8. The largest absolute Gasteiger partial charge is 0.462 e. The number of rotatable bonds is 45. The molecule has 0 saturated heterocycles. The lowest BCUT2D eigenvalue weighted by atomic mass is 10.1. The van der Waals surface area contributed by atoms with Gasteiger partial charge >= 0.3 is 17.9 Å². The molecule has 0 amide bonds. The smallest absolute Gasteiger partial charge is 0.306 e. The molecule has 6 nitrogen and oxygen atoms in total. The van der Waals surface area contributed by atoms with E-state index < -0.39 is 6.10 Å². The van der Waals surface area contributed by atoms with Gasteiger partial charge in [0, 0.05) is 19.3 Å². The van der Waals surface area contributed by atoms with Gasteiger partial charge in [-0.1, -0.05) is 201 Å². The molecule has 0 aliphatic carbocycles. The molecule has 0 saturated carbocycles. The van der Waals surface area contributed by atoms with Crippen molar-refractivity contribution in [2.75, 3.05) is 13.2 Å². The molecule has 0 fully saturated rings. The average Bonchev–Trinajstić information content (AvgIpc) is 3.28. The van der Waals surface area contributed by atoms with Crippen LogP contribution in [0.2, 0.25) is 0 Å². The summed E-state index contributed by atoms with van der Waals surface area (Å²) in [7, 11) is 0. The molecule has 0 radical (unpaired) electrons. The summed E-state index contributed by atoms with van der Waals surface area (Å²) in [4.78, 5) is 38.0. The highest BCUT2D eigenvalue weighted by molar-refractivity contribution is 5.71. The molecule has 358 valence electrons. The second-order valence-corrected chi connectivity index (χ2v) is 16.7. The van der Waals surface area contributed by atoms with Crippen molar-refractivity contribution in [2.45, 2.75) is 232 Å². The van der Waals surface area contributed by atoms with E-state index >= 15 is 0 Å². The summed E-state index contributed by atoms with van der Waals surface area (Å²) in [5, 5.41) is 0. The van der Waals surface area contributed by atoms with Gasteiger partial charge in [-0.15, -0.1) is 0 Å². The predicted octanol–water partition coefficient (Wildman–Crippen LogP) is 17.0. The van der Waals surface area contributed by atoms with Crippen LogP contribution in [0.15, 0.2) is 97.2 Å². The maximum absolute atomic E-state index is 12.8. The summed E-state index contributed by atoms with van der Waals surface area (Å²) < 4.78 is 16.7. The molecule has 0 N–H and O–H groups in total. The van der Waals surface area contributed by atoms with E-state index in [1.807, 2.05) is 12.2 Å². The molecule has 6 heteroatoms. The number of unbranched alkanes of at least 4 members (excludes halogenated alkanes) is 18. The minimum atomic E-state index is -0.813. The van der Waals surface area contributed by atoms with Gasteiger partial charge in [0.1, 0.15) is 13.2 Å². The molecule has 1 atom stereocenters. The SMILES string of the molecule is CC/C=C\C/C=C\C/C=C\C/C=C\C/C=C\CCC(=O)OCC(COC(=O)CCCCCCCCC/C=C\C/C=C\CC)OC(=O)CCCCCCCCC/C=C\CCCCCC. The summed E-state index contributed by atoms with van der Waals surface area (Å²) in [6.07, 6.45) is 66.9. The predicted molar refractivity (Wildman–Crippen MR) is 270 cm³/mol. The topological polar surface area (TPSA) is 78.9 Å². The van der Waals surface area contributed by atoms with E-state index in [-0.39, 0.29) is 37.5 Å². The monoisotopic (exact) mass is 875 g/mol. The van der Waals surface area contributed by atoms with Crippen molar-refractivity contribution >= 4 is 17.9 Å². The van der Waals surface area contributed by atoms with Crippen molar-refractivity contribution in [1.82, 2.24) is 0 Å². The zero-order chi connectivity index (χ0) is 45.8. The molecule has 0 bridgehead atoms. The number of carbonyl (C=O) groups is 3. The van der Waals surface area contributed by atoms with E-state index in [9.17, 15) is 14.4 Å². The molecule has 1 unspecified atom stereocenters. The molecule has 0 aliphatic rings. The summed E-state index contributed by atoms with van der Waals surface area (Å²) in [5.41, 5.74) is 0. The van der Waals surface area contributed by atoms with Crippen molar-refractivity contribution < 1.29 is 28.6 Å². The molecule has 0 heterocycles. The zero-order valence-electron chi connectivity index (χ0n) is 40.8. The third-order valence-corrected chi connectivity index (χ3v) is 10.6. The molecular weight excluding hydrogens is 781 g/mol. The summed E-state index contributed by atoms with van der Waals surface area (Å²) in [6.45, 7) is 6.32. The fourth-order valence-electron chi connectivity index (χ4n) is 6.76. The highest BCUT2D eigenvalue weighted by Gasteiger charge is 2.19. The summed E-state index contributed by atoms with van der Waals surface area (Å²) in [6, 6.07) is 0. The Balaban J connectivity index is 4.51. The van der Waals surface area contributed by atoms with Crippen LogP contribution in [0.25, 0.3) is 0 Å². The lowest BCUT2D eigenvalue weighted by Crippen LogP contribution is -2.30. The number of ether oxygens (including phenoxy) is 3. The van der Waals surface area contributed by atoms with Crippen molar-refractivity contribution in [3.63, 3.8) is 0 Å². The van der Waals surface area contributed by atoms with Crippen LogP contribution < -0.4 is 0 Å². The van der Waals surface area contributed by atoms with E-state index in [0.717, 1.165) is 89.9 Å². The third kappa shape index (κ3) is 49.2. The van der Waals surface area contributed by atoms with Crippen LogP contribution in [0, 0.1) is 0 Å². The molecule has 0 aliphatic heterocycles. The Morgan fingerprint density at radius 3 is 1.08 bits per heavy atom. The lowest BCUT2D eigenvalue weighted by molar-refractivity contribution is -0.166. The van der Waals surface area contributed by atoms with E-state index in [1.54, 1.807) is 0 Å². The van der Waals surface area contributed by atoms with Crippen LogP contribution in [0.1, 0.15) is 226 Å². The van der Waals surface area contributed by atoms with Gasteiger partial charge in [0.15, 0.2) is 6.10 Å². The fourth-order valence-corrected chi connectivity index (χ4v) is 6.76. The van der Waals surface area contributed by atoms with Gasteiger partial charge in [0.05, 0.1) is 0 Å². The number of esters is 3. The number of allylic oxidation sites excluding steroid dienone is 16. The number of hydrogen-bond acceptors (Lipinski definition) is 6. The second kappa shape index (κ2) is 51.0. The number of carbonyl (C=O) groups excluding carboxylic acids is 3. The lowest BCUT2D eigenvalue weighted by Gasteiger charge is -2.18. The van der Waals surface area contributed by atoms with Crippen LogP contribution in [-0.2, 0) is 28.6 Å². The fraction of sp³-hybridized carbons (Fsp3) is 0.667. The molecular formula is C57H94O6. The quantitative estimate of drug-likeness (QED) is 0.0262. The Morgan fingerprint density at radius 1 is 0.333 bits per heavy atom. The van der Waals surface area contributed by atoms with Crippen molar-refractivity contribution in [2.24, 2.45) is 0 Å². The van der Waals surface area contributed by atoms with Gasteiger partial charge in [0.2, 0.25) is 0 Å². The van der Waals surface area contributed by atoms with Crippen LogP contribution >= 0.6 is 0 Å². The van der Waals surface area contributed by atoms with Crippen LogP contribution in [-0.4, -0.2) is 37.2 Å². The van der Waals surface area contributed by atoms with Gasteiger partial charge in [-0.2, -0.15) is 0 Å². The third-order valence-electron chi connectivity index (χ3n) is 10.6. The van der Waals surface area contributed by atoms with E-state index in [1.165, 1.54) is 89.9 Å². The first kappa shape index (κ1) is 59.3. The molecule has 0 spiro atoms. The van der Waals surface area contributed by atoms with Crippen molar-refractivity contribution in [3.8, 4) is 0 Å². The van der Waals surface area contributed by atoms with E-state index in [4.69, 9.17) is 14.2 Å². The second-order valence-electron chi connectivity index (χ2n) is 16.7. The highest BCUT2D eigenvalue weighted by atomic mass is 16.6. The molecule has 0 rings (SSSR count). The number of hydrogen-bond donors (Lipinski definition) is 0. The first-order valence-electron chi connectivity index (χ1n) is 25.7. The van der Waals surface area contributed by atoms with Gasteiger partial charge in [-0.25, -0.2) is 0 Å². The van der Waals surface area contributed by atoms with Crippen LogP contribution in [0.3, 0.4) is 0 Å². The van der Waals surface area contributed by atoms with Crippen LogP contribution in [0.5, 0.6) is 0 Å². The Hall–Kier alpha value is -3.67. The van der Waals surface area contributed by atoms with Crippen LogP contribution in [0.4, 0.5) is 0 Å². The normalized spacial score (nSPS) is 12.9. The van der Waals surface area contributed by atoms with Gasteiger partial charge in [0.25, 0.3) is 0 Å². The average molecular weight is 875 g/mol. The van der Waals surface area contributed by atoms with Crippen molar-refractivity contribution in [1.29, 1.82) is 0 Å². The summed E-state index contributed by atoms with van der Waals surface area (Å²) >= 11 is 0. The first-order chi connectivity index (χ1) is 31.0. The molecule has 0 aromatic rings. The highest BCUT2D eigenvalue weighted by Crippen LogP contribution is 2.14. The van der Waals surface area contributed by atoms with Crippen molar-refractivity contribution in [3.05, 3.63) is 97.2 Å². The molecule has 0 aromatic heterocycles. The molecule has 63 heavy (non-hydrogen) atoms. The Bertz CT molecular complexity index is 1280. The van der Waals surface area contributed by atoms with E-state index in [2.05, 4.69) is 106 Å². The first-order valence-corrected chi connectivity index (χ1v) is 25.7. The Kier molecular flexibility index (Phi) is 48.0. The van der Waals surface area contributed by atoms with E-state index in [0.29, 0.717) is 19.3 Å². The van der Waals surface area contributed by atoms with Gasteiger partial charge < -0.3 is 14.2 Å². The maximum atomic E-state index is 12.8.